The van der Waals surface area contributed by atoms with Crippen LogP contribution in [0.4, 0.5) is 0 Å². The van der Waals surface area contributed by atoms with E-state index in [-0.39, 0.29) is 0 Å². The second kappa shape index (κ2) is 7.41. The third-order valence-electron chi connectivity index (χ3n) is 4.45. The minimum absolute atomic E-state index is 0.705. The third kappa shape index (κ3) is 3.72. The molecule has 0 unspecified atom stereocenters. The van der Waals surface area contributed by atoms with E-state index >= 15 is 0 Å². The van der Waals surface area contributed by atoms with E-state index in [1.54, 1.807) is 13.3 Å². The smallest absolute Gasteiger partial charge is 0.118 e. The molecule has 4 rings (SSSR count). The van der Waals surface area contributed by atoms with Crippen LogP contribution in [0.2, 0.25) is 0 Å². The first-order chi connectivity index (χ1) is 13.2. The van der Waals surface area contributed by atoms with Gasteiger partial charge in [0.25, 0.3) is 0 Å². The first-order valence-electron chi connectivity index (χ1n) is 8.78. The Morgan fingerprint density at radius 2 is 1.78 bits per heavy atom. The molecular formula is C22H20N4O. The molecule has 134 valence electrons. The van der Waals surface area contributed by atoms with E-state index in [9.17, 15) is 0 Å². The van der Waals surface area contributed by atoms with Gasteiger partial charge in [0, 0.05) is 29.7 Å². The molecule has 0 fully saturated rings. The highest BCUT2D eigenvalue weighted by Crippen LogP contribution is 2.24. The van der Waals surface area contributed by atoms with Crippen LogP contribution < -0.4 is 4.74 Å². The Kier molecular flexibility index (Phi) is 4.66. The predicted octanol–water partition coefficient (Wildman–Crippen LogP) is 4.37. The number of nitrogens with zero attached hydrogens (tertiary/aromatic N) is 4. The second-order valence-electron chi connectivity index (χ2n) is 6.32. The Morgan fingerprint density at radius 1 is 0.926 bits per heavy atom. The van der Waals surface area contributed by atoms with Gasteiger partial charge >= 0.3 is 0 Å². The average Bonchev–Trinajstić information content (AvgIpc) is 3.09. The fraction of sp³-hybridized carbons (Fsp3) is 0.136. The van der Waals surface area contributed by atoms with E-state index in [0.717, 1.165) is 34.0 Å². The first kappa shape index (κ1) is 17.0. The highest BCUT2D eigenvalue weighted by atomic mass is 16.5. The summed E-state index contributed by atoms with van der Waals surface area (Å²) in [6.07, 6.45) is 5.69. The van der Waals surface area contributed by atoms with Gasteiger partial charge in [0.05, 0.1) is 30.7 Å². The number of ether oxygens (including phenoxy) is 1. The lowest BCUT2D eigenvalue weighted by molar-refractivity contribution is 0.414. The Balaban J connectivity index is 1.55. The van der Waals surface area contributed by atoms with E-state index in [2.05, 4.69) is 27.2 Å². The summed E-state index contributed by atoms with van der Waals surface area (Å²) in [5.41, 5.74) is 6.00. The Morgan fingerprint density at radius 3 is 2.44 bits per heavy atom. The Hall–Kier alpha value is -3.47. The van der Waals surface area contributed by atoms with E-state index in [0.29, 0.717) is 6.54 Å². The number of benzene rings is 1. The van der Waals surface area contributed by atoms with Gasteiger partial charge in [-0.2, -0.15) is 5.10 Å². The van der Waals surface area contributed by atoms with E-state index in [1.165, 1.54) is 5.56 Å². The fourth-order valence-corrected chi connectivity index (χ4v) is 3.01. The zero-order valence-corrected chi connectivity index (χ0v) is 15.3. The molecule has 0 saturated carbocycles. The van der Waals surface area contributed by atoms with Gasteiger partial charge in [-0.05, 0) is 48.9 Å². The van der Waals surface area contributed by atoms with Crippen LogP contribution in [0.15, 0.2) is 73.2 Å². The van der Waals surface area contributed by atoms with E-state index < -0.39 is 0 Å². The van der Waals surface area contributed by atoms with Crippen molar-refractivity contribution in [3.05, 3.63) is 84.4 Å². The highest BCUT2D eigenvalue weighted by molar-refractivity contribution is 5.65. The molecule has 5 nitrogen and oxygen atoms in total. The van der Waals surface area contributed by atoms with Crippen LogP contribution in [-0.2, 0) is 6.54 Å². The second-order valence-corrected chi connectivity index (χ2v) is 6.32. The largest absolute Gasteiger partial charge is 0.497 e. The average molecular weight is 356 g/mol. The SMILES string of the molecule is COc1ccc(Cn2cc(-c3ccc(-c4ccccn4)cn3)c(C)n2)cc1. The van der Waals surface area contributed by atoms with Crippen molar-refractivity contribution in [1.29, 1.82) is 0 Å². The van der Waals surface area contributed by atoms with Crippen LogP contribution in [0.5, 0.6) is 5.75 Å². The van der Waals surface area contributed by atoms with Gasteiger partial charge in [-0.3, -0.25) is 14.6 Å². The zero-order valence-electron chi connectivity index (χ0n) is 15.3. The molecule has 0 atom stereocenters. The van der Waals surface area contributed by atoms with Crippen LogP contribution >= 0.6 is 0 Å². The van der Waals surface area contributed by atoms with Crippen molar-refractivity contribution >= 4 is 0 Å². The molecular weight excluding hydrogens is 336 g/mol. The maximum absolute atomic E-state index is 5.21. The molecule has 0 saturated heterocycles. The van der Waals surface area contributed by atoms with Crippen LogP contribution in [0.1, 0.15) is 11.3 Å². The van der Waals surface area contributed by atoms with Crippen molar-refractivity contribution in [3.63, 3.8) is 0 Å². The zero-order chi connectivity index (χ0) is 18.6. The summed E-state index contributed by atoms with van der Waals surface area (Å²) >= 11 is 0. The topological polar surface area (TPSA) is 52.8 Å². The maximum Gasteiger partial charge on any atom is 0.118 e. The molecule has 0 spiro atoms. The molecule has 5 heteroatoms. The Labute approximate surface area is 158 Å². The number of aryl methyl sites for hydroxylation is 1. The summed E-state index contributed by atoms with van der Waals surface area (Å²) in [7, 11) is 1.67. The summed E-state index contributed by atoms with van der Waals surface area (Å²) in [4.78, 5) is 8.99. The molecule has 0 radical (unpaired) electrons. The lowest BCUT2D eigenvalue weighted by Crippen LogP contribution is -2.00. The molecule has 4 aromatic rings. The van der Waals surface area contributed by atoms with Crippen molar-refractivity contribution < 1.29 is 4.74 Å². The molecule has 0 aliphatic rings. The van der Waals surface area contributed by atoms with Gasteiger partial charge in [-0.1, -0.05) is 18.2 Å². The van der Waals surface area contributed by atoms with Crippen LogP contribution in [0, 0.1) is 6.92 Å². The number of hydrogen-bond donors (Lipinski definition) is 0. The van der Waals surface area contributed by atoms with Crippen molar-refractivity contribution in [2.45, 2.75) is 13.5 Å². The summed E-state index contributed by atoms with van der Waals surface area (Å²) in [5.74, 6) is 0.855. The van der Waals surface area contributed by atoms with Gasteiger partial charge in [0.2, 0.25) is 0 Å². The van der Waals surface area contributed by atoms with Crippen LogP contribution in [0.3, 0.4) is 0 Å². The monoisotopic (exact) mass is 356 g/mol. The van der Waals surface area contributed by atoms with Gasteiger partial charge < -0.3 is 4.74 Å². The van der Waals surface area contributed by atoms with Crippen molar-refractivity contribution in [2.24, 2.45) is 0 Å². The summed E-state index contributed by atoms with van der Waals surface area (Å²) in [6.45, 7) is 2.71. The first-order valence-corrected chi connectivity index (χ1v) is 8.78. The summed E-state index contributed by atoms with van der Waals surface area (Å²) in [5, 5.41) is 4.64. The lowest BCUT2D eigenvalue weighted by atomic mass is 10.1. The fourth-order valence-electron chi connectivity index (χ4n) is 3.01. The maximum atomic E-state index is 5.21. The number of rotatable bonds is 5. The summed E-state index contributed by atoms with van der Waals surface area (Å²) < 4.78 is 7.15. The molecule has 0 bridgehead atoms. The minimum Gasteiger partial charge on any atom is -0.497 e. The molecule has 0 aliphatic heterocycles. The standard InChI is InChI=1S/C22H20N4O/c1-16-20(15-26(25-16)14-17-6-9-19(27-2)10-7-17)22-11-8-18(13-24-22)21-5-3-4-12-23-21/h3-13,15H,14H2,1-2H3. The van der Waals surface area contributed by atoms with Crippen LogP contribution in [0.25, 0.3) is 22.5 Å². The number of methoxy groups -OCH3 is 1. The molecule has 0 amide bonds. The molecule has 3 heterocycles. The molecule has 0 N–H and O–H groups in total. The van der Waals surface area contributed by atoms with E-state index in [1.807, 2.05) is 66.5 Å². The van der Waals surface area contributed by atoms with Crippen molar-refractivity contribution in [3.8, 4) is 28.3 Å². The van der Waals surface area contributed by atoms with E-state index in [4.69, 9.17) is 4.74 Å². The number of pyridine rings is 2. The van der Waals surface area contributed by atoms with Crippen molar-refractivity contribution in [2.75, 3.05) is 7.11 Å². The van der Waals surface area contributed by atoms with Gasteiger partial charge in [-0.25, -0.2) is 0 Å². The molecule has 0 aliphatic carbocycles. The Bertz CT molecular complexity index is 1020. The predicted molar refractivity (Wildman–Crippen MR) is 106 cm³/mol. The van der Waals surface area contributed by atoms with Gasteiger partial charge in [-0.15, -0.1) is 0 Å². The third-order valence-corrected chi connectivity index (χ3v) is 4.45. The quantitative estimate of drug-likeness (QED) is 0.533. The van der Waals surface area contributed by atoms with Crippen LogP contribution in [-0.4, -0.2) is 26.9 Å². The van der Waals surface area contributed by atoms with Crippen molar-refractivity contribution in [1.82, 2.24) is 19.7 Å². The van der Waals surface area contributed by atoms with Gasteiger partial charge in [0.1, 0.15) is 5.75 Å². The number of aromatic nitrogens is 4. The highest BCUT2D eigenvalue weighted by Gasteiger charge is 2.10. The summed E-state index contributed by atoms with van der Waals surface area (Å²) in [6, 6.07) is 18.0. The molecule has 1 aromatic carbocycles. The molecule has 3 aromatic heterocycles. The van der Waals surface area contributed by atoms with Gasteiger partial charge in [0.15, 0.2) is 0 Å². The lowest BCUT2D eigenvalue weighted by Gasteiger charge is -2.04. The molecule has 27 heavy (non-hydrogen) atoms. The minimum atomic E-state index is 0.705. The normalized spacial score (nSPS) is 10.7. The number of hydrogen-bond acceptors (Lipinski definition) is 4.